The Morgan fingerprint density at radius 3 is 2.56 bits per heavy atom. The number of nitrogens with zero attached hydrogens (tertiary/aromatic N) is 2. The minimum Gasteiger partial charge on any atom is -0.348 e. The highest BCUT2D eigenvalue weighted by Gasteiger charge is 2.33. The normalized spacial score (nSPS) is 18.0. The van der Waals surface area contributed by atoms with Crippen LogP contribution in [-0.2, 0) is 16.4 Å². The quantitative estimate of drug-likeness (QED) is 0.833. The van der Waals surface area contributed by atoms with E-state index in [1.54, 1.807) is 37.6 Å². The summed E-state index contributed by atoms with van der Waals surface area (Å²) in [6.45, 7) is 0.360. The molecule has 1 aliphatic rings. The molecular formula is C19H21N3O4S. The summed E-state index contributed by atoms with van der Waals surface area (Å²) in [6.07, 6.45) is 3.75. The van der Waals surface area contributed by atoms with Gasteiger partial charge in [0.1, 0.15) is 0 Å². The molecule has 142 valence electrons. The number of hydrogen-bond donors (Lipinski definition) is 1. The number of amides is 2. The molecule has 0 spiro atoms. The predicted molar refractivity (Wildman–Crippen MR) is 101 cm³/mol. The van der Waals surface area contributed by atoms with E-state index in [-0.39, 0.29) is 29.4 Å². The van der Waals surface area contributed by atoms with E-state index < -0.39 is 9.84 Å². The van der Waals surface area contributed by atoms with Crippen LogP contribution in [0.5, 0.6) is 0 Å². The van der Waals surface area contributed by atoms with E-state index >= 15 is 0 Å². The number of aromatic nitrogens is 1. The van der Waals surface area contributed by atoms with Gasteiger partial charge in [0, 0.05) is 43.2 Å². The highest BCUT2D eigenvalue weighted by atomic mass is 32.2. The van der Waals surface area contributed by atoms with Crippen LogP contribution in [0.25, 0.3) is 0 Å². The van der Waals surface area contributed by atoms with Gasteiger partial charge in [-0.2, -0.15) is 0 Å². The number of pyridine rings is 1. The van der Waals surface area contributed by atoms with Gasteiger partial charge < -0.3 is 10.2 Å². The monoisotopic (exact) mass is 387 g/mol. The van der Waals surface area contributed by atoms with Gasteiger partial charge in [0.2, 0.25) is 0 Å². The minimum atomic E-state index is -3.07. The summed E-state index contributed by atoms with van der Waals surface area (Å²) in [5.41, 5.74) is 1.66. The summed E-state index contributed by atoms with van der Waals surface area (Å²) in [5, 5.41) is 2.81. The Morgan fingerprint density at radius 1 is 1.19 bits per heavy atom. The largest absolute Gasteiger partial charge is 0.348 e. The van der Waals surface area contributed by atoms with Crippen molar-refractivity contribution in [2.45, 2.75) is 19.0 Å². The number of carbonyl (C=O) groups excluding carboxylic acids is 2. The van der Waals surface area contributed by atoms with Gasteiger partial charge in [-0.05, 0) is 42.3 Å². The van der Waals surface area contributed by atoms with E-state index in [1.807, 2.05) is 12.1 Å². The van der Waals surface area contributed by atoms with Gasteiger partial charge in [0.25, 0.3) is 11.8 Å². The van der Waals surface area contributed by atoms with Crippen LogP contribution < -0.4 is 5.32 Å². The molecule has 0 aliphatic carbocycles. The number of carbonyl (C=O) groups is 2. The lowest BCUT2D eigenvalue weighted by Gasteiger charge is -2.23. The Bertz CT molecular complexity index is 944. The fourth-order valence-electron chi connectivity index (χ4n) is 3.03. The van der Waals surface area contributed by atoms with Crippen LogP contribution in [0, 0.1) is 0 Å². The smallest absolute Gasteiger partial charge is 0.253 e. The van der Waals surface area contributed by atoms with E-state index in [0.717, 1.165) is 5.56 Å². The van der Waals surface area contributed by atoms with Crippen molar-refractivity contribution in [3.8, 4) is 0 Å². The number of benzene rings is 1. The molecule has 3 rings (SSSR count). The summed E-state index contributed by atoms with van der Waals surface area (Å²) in [6, 6.07) is 9.74. The molecule has 7 nitrogen and oxygen atoms in total. The second-order valence-corrected chi connectivity index (χ2v) is 8.82. The number of sulfone groups is 1. The molecule has 0 saturated carbocycles. The molecular weight excluding hydrogens is 366 g/mol. The molecule has 1 aliphatic heterocycles. The molecule has 1 fully saturated rings. The number of nitrogens with one attached hydrogen (secondary N) is 1. The lowest BCUT2D eigenvalue weighted by molar-refractivity contribution is 0.0747. The Balaban J connectivity index is 1.67. The van der Waals surface area contributed by atoms with E-state index in [4.69, 9.17) is 0 Å². The van der Waals surface area contributed by atoms with Gasteiger partial charge >= 0.3 is 0 Å². The molecule has 2 amide bonds. The first kappa shape index (κ1) is 19.0. The van der Waals surface area contributed by atoms with E-state index in [0.29, 0.717) is 24.1 Å². The zero-order valence-corrected chi connectivity index (χ0v) is 15.8. The van der Waals surface area contributed by atoms with Crippen molar-refractivity contribution in [1.82, 2.24) is 15.2 Å². The standard InChI is InChI=1S/C19H21N3O4S/c1-22(17-7-10-27(25,26)13-17)19(24)16-4-2-3-15(11-16)18(23)21-12-14-5-8-20-9-6-14/h2-6,8-9,11,17H,7,10,12-13H2,1H3,(H,21,23). The molecule has 1 unspecified atom stereocenters. The Kier molecular flexibility index (Phi) is 5.55. The van der Waals surface area contributed by atoms with Crippen LogP contribution in [0.4, 0.5) is 0 Å². The van der Waals surface area contributed by atoms with Crippen molar-refractivity contribution in [3.05, 3.63) is 65.5 Å². The summed E-state index contributed by atoms with van der Waals surface area (Å²) in [7, 11) is -1.47. The summed E-state index contributed by atoms with van der Waals surface area (Å²) >= 11 is 0. The van der Waals surface area contributed by atoms with Crippen molar-refractivity contribution in [3.63, 3.8) is 0 Å². The average molecular weight is 387 g/mol. The molecule has 2 aromatic rings. The Hall–Kier alpha value is -2.74. The number of rotatable bonds is 5. The van der Waals surface area contributed by atoms with Crippen LogP contribution in [0.1, 0.15) is 32.7 Å². The second kappa shape index (κ2) is 7.87. The molecule has 1 aromatic heterocycles. The van der Waals surface area contributed by atoms with Gasteiger partial charge in [0.15, 0.2) is 9.84 Å². The molecule has 1 aromatic carbocycles. The Morgan fingerprint density at radius 2 is 1.89 bits per heavy atom. The van der Waals surface area contributed by atoms with E-state index in [2.05, 4.69) is 10.3 Å². The van der Waals surface area contributed by atoms with Gasteiger partial charge in [-0.3, -0.25) is 14.6 Å². The molecule has 2 heterocycles. The van der Waals surface area contributed by atoms with Crippen LogP contribution in [0.2, 0.25) is 0 Å². The maximum atomic E-state index is 12.7. The molecule has 0 bridgehead atoms. The average Bonchev–Trinajstić information content (AvgIpc) is 3.05. The molecule has 8 heteroatoms. The third-order valence-electron chi connectivity index (χ3n) is 4.65. The van der Waals surface area contributed by atoms with Crippen molar-refractivity contribution in [1.29, 1.82) is 0 Å². The summed E-state index contributed by atoms with van der Waals surface area (Å²) in [4.78, 5) is 30.4. The van der Waals surface area contributed by atoms with Crippen LogP contribution in [0.15, 0.2) is 48.8 Å². The van der Waals surface area contributed by atoms with Gasteiger partial charge in [-0.25, -0.2) is 8.42 Å². The van der Waals surface area contributed by atoms with Crippen molar-refractivity contribution < 1.29 is 18.0 Å². The molecule has 1 N–H and O–H groups in total. The third-order valence-corrected chi connectivity index (χ3v) is 6.40. The lowest BCUT2D eigenvalue weighted by Crippen LogP contribution is -2.38. The third kappa shape index (κ3) is 4.71. The molecule has 27 heavy (non-hydrogen) atoms. The zero-order chi connectivity index (χ0) is 19.4. The second-order valence-electron chi connectivity index (χ2n) is 6.59. The van der Waals surface area contributed by atoms with Crippen molar-refractivity contribution >= 4 is 21.7 Å². The van der Waals surface area contributed by atoms with E-state index in [9.17, 15) is 18.0 Å². The molecule has 1 atom stereocenters. The highest BCUT2D eigenvalue weighted by Crippen LogP contribution is 2.19. The van der Waals surface area contributed by atoms with Crippen LogP contribution in [-0.4, -0.2) is 54.7 Å². The fraction of sp³-hybridized carbons (Fsp3) is 0.316. The van der Waals surface area contributed by atoms with Gasteiger partial charge in [-0.1, -0.05) is 6.07 Å². The minimum absolute atomic E-state index is 0.0125. The first-order valence-corrected chi connectivity index (χ1v) is 10.4. The first-order valence-electron chi connectivity index (χ1n) is 8.60. The summed E-state index contributed by atoms with van der Waals surface area (Å²) in [5.74, 6) is -0.484. The van der Waals surface area contributed by atoms with Gasteiger partial charge in [-0.15, -0.1) is 0 Å². The predicted octanol–water partition coefficient (Wildman–Crippen LogP) is 1.27. The topological polar surface area (TPSA) is 96.4 Å². The Labute approximate surface area is 158 Å². The molecule has 1 saturated heterocycles. The fourth-order valence-corrected chi connectivity index (χ4v) is 4.80. The maximum absolute atomic E-state index is 12.7. The first-order chi connectivity index (χ1) is 12.9. The summed E-state index contributed by atoms with van der Waals surface area (Å²) < 4.78 is 23.3. The van der Waals surface area contributed by atoms with Crippen LogP contribution >= 0.6 is 0 Å². The van der Waals surface area contributed by atoms with Crippen molar-refractivity contribution in [2.24, 2.45) is 0 Å². The SMILES string of the molecule is CN(C(=O)c1cccc(C(=O)NCc2ccncc2)c1)C1CCS(=O)(=O)C1. The van der Waals surface area contributed by atoms with Gasteiger partial charge in [0.05, 0.1) is 11.5 Å². The molecule has 0 radical (unpaired) electrons. The van der Waals surface area contributed by atoms with Crippen molar-refractivity contribution in [2.75, 3.05) is 18.6 Å². The lowest BCUT2D eigenvalue weighted by atomic mass is 10.1. The highest BCUT2D eigenvalue weighted by molar-refractivity contribution is 7.91. The van der Waals surface area contributed by atoms with E-state index in [1.165, 1.54) is 11.0 Å². The maximum Gasteiger partial charge on any atom is 0.253 e. The zero-order valence-electron chi connectivity index (χ0n) is 15.0. The number of hydrogen-bond acceptors (Lipinski definition) is 5. The van der Waals surface area contributed by atoms with Crippen LogP contribution in [0.3, 0.4) is 0 Å².